The summed E-state index contributed by atoms with van der Waals surface area (Å²) in [5.41, 5.74) is -0.232. The molecule has 0 saturated heterocycles. The highest BCUT2D eigenvalue weighted by Gasteiger charge is 2.57. The normalized spacial score (nSPS) is 25.2. The first-order chi connectivity index (χ1) is 34.9. The number of hydrogen-bond donors (Lipinski definition) is 6. The molecule has 2 aromatic rings. The summed E-state index contributed by atoms with van der Waals surface area (Å²) >= 11 is 12.5. The van der Waals surface area contributed by atoms with Crippen molar-refractivity contribution in [3.63, 3.8) is 0 Å². The standard InChI is InChI=1S/C59H86Cl2N2O9/c1-3-62-55(68)29-17-7-5-15-27-49-51(37-35-47(64)33-31-45-23-11-9-12-24-45)58(43-53(49)66,39-19-21-41-60)71-57(70)72-59(40-20-22-42-61)44-54(67)50(28-16-6-8-18-30-56(69)63-4-2)52(59)38-36-48(65)34-32-46-25-13-10-14-26-46/h5-6,9-16,23-26,35-38,47-54,64-67H,3-4,7-8,17-22,27-34,39-44H2,1-2H3,(H,62,68)(H,63,69)/b15-5-,16-6-,37-35+,38-36+/t47-,48-,49+,50+,51+,52+,53?,54?,58?,59?/m0/s1. The minimum absolute atomic E-state index is 0.0132. The van der Waals surface area contributed by atoms with Crippen LogP contribution >= 0.6 is 23.2 Å². The van der Waals surface area contributed by atoms with Crippen molar-refractivity contribution < 1.29 is 44.3 Å². The second-order valence-electron chi connectivity index (χ2n) is 19.9. The lowest BCUT2D eigenvalue weighted by atomic mass is 9.79. The van der Waals surface area contributed by atoms with E-state index in [9.17, 15) is 34.8 Å². The monoisotopic (exact) mass is 1040 g/mol. The molecule has 72 heavy (non-hydrogen) atoms. The van der Waals surface area contributed by atoms with Crippen molar-refractivity contribution in [3.05, 3.63) is 120 Å². The number of carbonyl (C=O) groups is 3. The number of benzene rings is 2. The van der Waals surface area contributed by atoms with Crippen LogP contribution in [0.15, 0.2) is 109 Å². The number of unbranched alkanes of at least 4 members (excludes halogenated alkanes) is 4. The largest absolute Gasteiger partial charge is 0.509 e. The van der Waals surface area contributed by atoms with Crippen molar-refractivity contribution in [1.29, 1.82) is 0 Å². The Bertz CT molecular complexity index is 1830. The molecule has 4 rings (SSSR count). The minimum Gasteiger partial charge on any atom is -0.427 e. The molecule has 2 saturated carbocycles. The third-order valence-corrected chi connectivity index (χ3v) is 15.0. The summed E-state index contributed by atoms with van der Waals surface area (Å²) in [4.78, 5) is 39.1. The van der Waals surface area contributed by atoms with Crippen LogP contribution in [0.5, 0.6) is 0 Å². The summed E-state index contributed by atoms with van der Waals surface area (Å²) in [6.45, 7) is 4.96. The van der Waals surface area contributed by atoms with Crippen molar-refractivity contribution in [3.8, 4) is 0 Å². The van der Waals surface area contributed by atoms with Gasteiger partial charge in [0, 0.05) is 62.4 Å². The molecule has 0 bridgehead atoms. The number of carbonyl (C=O) groups excluding carboxylic acids is 3. The van der Waals surface area contributed by atoms with Crippen LogP contribution < -0.4 is 10.6 Å². The summed E-state index contributed by atoms with van der Waals surface area (Å²) in [6, 6.07) is 19.9. The van der Waals surface area contributed by atoms with Gasteiger partial charge in [-0.05, 0) is 140 Å². The molecule has 2 aliphatic rings. The van der Waals surface area contributed by atoms with Gasteiger partial charge in [-0.2, -0.15) is 0 Å². The number of nitrogens with one attached hydrogen (secondary N) is 2. The fraction of sp³-hybridized carbons (Fsp3) is 0.610. The number of ether oxygens (including phenoxy) is 2. The summed E-state index contributed by atoms with van der Waals surface area (Å²) in [7, 11) is 0. The van der Waals surface area contributed by atoms with Gasteiger partial charge in [0.15, 0.2) is 0 Å². The predicted octanol–water partition coefficient (Wildman–Crippen LogP) is 11.0. The molecule has 2 aliphatic carbocycles. The Hall–Kier alpha value is -3.97. The zero-order valence-electron chi connectivity index (χ0n) is 43.1. The summed E-state index contributed by atoms with van der Waals surface area (Å²) in [5.74, 6) is -0.931. The highest BCUT2D eigenvalue weighted by molar-refractivity contribution is 6.18. The Morgan fingerprint density at radius 3 is 1.40 bits per heavy atom. The van der Waals surface area contributed by atoms with Crippen LogP contribution in [-0.4, -0.2) is 98.9 Å². The number of amides is 2. The van der Waals surface area contributed by atoms with Gasteiger partial charge in [0.2, 0.25) is 11.8 Å². The first-order valence-corrected chi connectivity index (χ1v) is 28.0. The number of halogens is 2. The van der Waals surface area contributed by atoms with E-state index in [1.54, 1.807) is 12.2 Å². The van der Waals surface area contributed by atoms with Crippen molar-refractivity contribution >= 4 is 41.2 Å². The third kappa shape index (κ3) is 20.7. The molecule has 0 aliphatic heterocycles. The molecule has 0 radical (unpaired) electrons. The van der Waals surface area contributed by atoms with Crippen LogP contribution in [0.25, 0.3) is 0 Å². The van der Waals surface area contributed by atoms with Crippen LogP contribution in [0.2, 0.25) is 0 Å². The lowest BCUT2D eigenvalue weighted by Gasteiger charge is -2.39. The van der Waals surface area contributed by atoms with Crippen LogP contribution in [0, 0.1) is 23.7 Å². The van der Waals surface area contributed by atoms with E-state index >= 15 is 0 Å². The average Bonchev–Trinajstić information content (AvgIpc) is 3.77. The fourth-order valence-electron chi connectivity index (χ4n) is 10.7. The number of aryl methyl sites for hydroxylation is 2. The SMILES string of the molecule is CCNC(=O)CCC/C=C\C[C@H]1C(O)CC(CCCCCl)(OC(=O)OC2(CCCCCl)CC(O)[C@H](C/C=C\CCCC(=O)NCC)[C@H]2/C=C/[C@@H](O)CCc2ccccc2)[C@@H]1/C=C/[C@@H](O)CCc1ccccc1. The maximum absolute atomic E-state index is 14.9. The molecule has 0 aromatic heterocycles. The molecule has 4 unspecified atom stereocenters. The van der Waals surface area contributed by atoms with Crippen LogP contribution in [0.3, 0.4) is 0 Å². The van der Waals surface area contributed by atoms with E-state index in [0.29, 0.717) is 140 Å². The fourth-order valence-corrected chi connectivity index (χ4v) is 11.1. The van der Waals surface area contributed by atoms with Crippen molar-refractivity contribution in [1.82, 2.24) is 10.6 Å². The van der Waals surface area contributed by atoms with E-state index in [4.69, 9.17) is 32.7 Å². The first-order valence-electron chi connectivity index (χ1n) is 26.9. The maximum atomic E-state index is 14.9. The van der Waals surface area contributed by atoms with E-state index in [1.807, 2.05) is 111 Å². The zero-order chi connectivity index (χ0) is 52.0. The molecule has 13 heteroatoms. The quantitative estimate of drug-likeness (QED) is 0.0173. The van der Waals surface area contributed by atoms with Gasteiger partial charge in [0.05, 0.1) is 24.4 Å². The second-order valence-corrected chi connectivity index (χ2v) is 20.6. The first kappa shape index (κ1) is 60.6. The van der Waals surface area contributed by atoms with E-state index in [2.05, 4.69) is 10.6 Å². The number of allylic oxidation sites excluding steroid dienone is 4. The van der Waals surface area contributed by atoms with E-state index in [1.165, 1.54) is 0 Å². The Balaban J connectivity index is 1.68. The Morgan fingerprint density at radius 2 is 1.03 bits per heavy atom. The van der Waals surface area contributed by atoms with Gasteiger partial charge in [-0.15, -0.1) is 23.2 Å². The van der Waals surface area contributed by atoms with Gasteiger partial charge < -0.3 is 40.5 Å². The van der Waals surface area contributed by atoms with Gasteiger partial charge in [-0.3, -0.25) is 9.59 Å². The molecule has 400 valence electrons. The molecule has 0 spiro atoms. The lowest BCUT2D eigenvalue weighted by molar-refractivity contribution is -0.121. The molecule has 6 N–H and O–H groups in total. The van der Waals surface area contributed by atoms with Gasteiger partial charge in [0.1, 0.15) is 11.2 Å². The second kappa shape index (κ2) is 33.8. The molecular formula is C59H86Cl2N2O9. The van der Waals surface area contributed by atoms with Crippen LogP contribution in [-0.2, 0) is 31.9 Å². The summed E-state index contributed by atoms with van der Waals surface area (Å²) in [6.07, 6.45) is 21.7. The highest BCUT2D eigenvalue weighted by atomic mass is 35.5. The molecule has 11 nitrogen and oxygen atoms in total. The molecule has 2 fully saturated rings. The van der Waals surface area contributed by atoms with Crippen LogP contribution in [0.4, 0.5) is 4.79 Å². The Morgan fingerprint density at radius 1 is 0.625 bits per heavy atom. The van der Waals surface area contributed by atoms with Gasteiger partial charge in [-0.1, -0.05) is 109 Å². The molecule has 2 amide bonds. The molecule has 2 aromatic carbocycles. The van der Waals surface area contributed by atoms with Crippen LogP contribution in [0.1, 0.15) is 141 Å². The van der Waals surface area contributed by atoms with E-state index in [0.717, 1.165) is 11.1 Å². The van der Waals surface area contributed by atoms with Gasteiger partial charge in [-0.25, -0.2) is 4.79 Å². The number of aliphatic hydroxyl groups is 4. The van der Waals surface area contributed by atoms with E-state index in [-0.39, 0.29) is 36.5 Å². The van der Waals surface area contributed by atoms with Crippen molar-refractivity contribution in [2.24, 2.45) is 23.7 Å². The number of aliphatic hydroxyl groups excluding tert-OH is 4. The molecule has 10 atom stereocenters. The van der Waals surface area contributed by atoms with Gasteiger partial charge >= 0.3 is 6.16 Å². The summed E-state index contributed by atoms with van der Waals surface area (Å²) < 4.78 is 13.4. The Kier molecular flexibility index (Phi) is 28.4. The van der Waals surface area contributed by atoms with Gasteiger partial charge in [0.25, 0.3) is 0 Å². The topological polar surface area (TPSA) is 175 Å². The number of alkyl halides is 2. The summed E-state index contributed by atoms with van der Waals surface area (Å²) in [5, 5.41) is 52.3. The predicted molar refractivity (Wildman–Crippen MR) is 290 cm³/mol. The van der Waals surface area contributed by atoms with Crippen molar-refractivity contribution in [2.75, 3.05) is 24.8 Å². The molecular weight excluding hydrogens is 952 g/mol. The Labute approximate surface area is 440 Å². The maximum Gasteiger partial charge on any atom is 0.509 e. The zero-order valence-corrected chi connectivity index (χ0v) is 44.6. The average molecular weight is 1040 g/mol. The highest BCUT2D eigenvalue weighted by Crippen LogP contribution is 2.52. The minimum atomic E-state index is -1.22. The van der Waals surface area contributed by atoms with E-state index < -0.39 is 53.6 Å². The molecule has 0 heterocycles. The number of rotatable bonds is 34. The van der Waals surface area contributed by atoms with Crippen molar-refractivity contribution in [2.45, 2.75) is 178 Å². The smallest absolute Gasteiger partial charge is 0.427 e. The lowest BCUT2D eigenvalue weighted by Crippen LogP contribution is -2.45. The number of hydrogen-bond acceptors (Lipinski definition) is 9. The third-order valence-electron chi connectivity index (χ3n) is 14.4.